The van der Waals surface area contributed by atoms with E-state index in [1.54, 1.807) is 0 Å². The summed E-state index contributed by atoms with van der Waals surface area (Å²) in [7, 11) is 0. The number of carbonyl (C=O) groups is 1. The van der Waals surface area contributed by atoms with Gasteiger partial charge in [0.1, 0.15) is 0 Å². The topological polar surface area (TPSA) is 26.3 Å². The molecule has 1 aliphatic carbocycles. The van der Waals surface area contributed by atoms with Crippen molar-refractivity contribution in [1.29, 1.82) is 0 Å². The van der Waals surface area contributed by atoms with E-state index in [1.807, 2.05) is 36.4 Å². The first-order valence-electron chi connectivity index (χ1n) is 5.49. The first-order valence-corrected chi connectivity index (χ1v) is 6.23. The molecular formula is C13H14O2S. The summed E-state index contributed by atoms with van der Waals surface area (Å²) in [5.74, 6) is -0.187. The lowest BCUT2D eigenvalue weighted by Crippen LogP contribution is -2.06. The molecule has 0 atom stereocenters. The van der Waals surface area contributed by atoms with Gasteiger partial charge in [0.25, 0.3) is 0 Å². The fraction of sp³-hybridized carbons (Fsp3) is 0.308. The molecule has 0 N–H and O–H groups in total. The van der Waals surface area contributed by atoms with Crippen molar-refractivity contribution < 1.29 is 8.98 Å². The van der Waals surface area contributed by atoms with Crippen LogP contribution in [0.25, 0.3) is 0 Å². The SMILES string of the molecule is O=C(OSc1ccccc1)C1=CCCCC1. The Hall–Kier alpha value is -1.22. The zero-order chi connectivity index (χ0) is 11.2. The van der Waals surface area contributed by atoms with Gasteiger partial charge in [-0.15, -0.1) is 0 Å². The summed E-state index contributed by atoms with van der Waals surface area (Å²) in [5.41, 5.74) is 0.828. The second-order valence-electron chi connectivity index (χ2n) is 3.74. The average Bonchev–Trinajstić information content (AvgIpc) is 2.38. The molecule has 0 aromatic heterocycles. The summed E-state index contributed by atoms with van der Waals surface area (Å²) in [6.45, 7) is 0. The molecule has 84 valence electrons. The van der Waals surface area contributed by atoms with E-state index in [-0.39, 0.29) is 5.97 Å². The van der Waals surface area contributed by atoms with E-state index >= 15 is 0 Å². The lowest BCUT2D eigenvalue weighted by atomic mass is 10.0. The Morgan fingerprint density at radius 1 is 1.19 bits per heavy atom. The Morgan fingerprint density at radius 3 is 2.69 bits per heavy atom. The summed E-state index contributed by atoms with van der Waals surface area (Å²) in [4.78, 5) is 12.6. The predicted molar refractivity (Wildman–Crippen MR) is 64.9 cm³/mol. The molecule has 0 saturated heterocycles. The normalized spacial score (nSPS) is 15.4. The largest absolute Gasteiger partial charge is 0.383 e. The fourth-order valence-corrected chi connectivity index (χ4v) is 2.19. The molecule has 16 heavy (non-hydrogen) atoms. The van der Waals surface area contributed by atoms with Crippen molar-refractivity contribution in [3.8, 4) is 0 Å². The van der Waals surface area contributed by atoms with Crippen molar-refractivity contribution in [1.82, 2.24) is 0 Å². The quantitative estimate of drug-likeness (QED) is 0.745. The molecule has 0 radical (unpaired) electrons. The van der Waals surface area contributed by atoms with Gasteiger partial charge in [-0.1, -0.05) is 24.3 Å². The van der Waals surface area contributed by atoms with E-state index < -0.39 is 0 Å². The average molecular weight is 234 g/mol. The van der Waals surface area contributed by atoms with Crippen LogP contribution in [-0.4, -0.2) is 5.97 Å². The highest BCUT2D eigenvalue weighted by Crippen LogP contribution is 2.23. The van der Waals surface area contributed by atoms with Crippen LogP contribution < -0.4 is 0 Å². The van der Waals surface area contributed by atoms with Gasteiger partial charge in [0.05, 0.1) is 12.0 Å². The zero-order valence-corrected chi connectivity index (χ0v) is 9.83. The molecule has 0 spiro atoms. The second kappa shape index (κ2) is 5.75. The molecule has 0 heterocycles. The Bertz CT molecular complexity index is 384. The zero-order valence-electron chi connectivity index (χ0n) is 9.02. The van der Waals surface area contributed by atoms with Crippen LogP contribution in [0.4, 0.5) is 0 Å². The monoisotopic (exact) mass is 234 g/mol. The molecule has 0 aliphatic heterocycles. The molecule has 1 aromatic carbocycles. The van der Waals surface area contributed by atoms with Crippen molar-refractivity contribution in [3.63, 3.8) is 0 Å². The van der Waals surface area contributed by atoms with Gasteiger partial charge in [0.15, 0.2) is 0 Å². The number of hydrogen-bond donors (Lipinski definition) is 0. The molecule has 3 heteroatoms. The highest BCUT2D eigenvalue weighted by Gasteiger charge is 2.14. The standard InChI is InChI=1S/C13H14O2S/c14-13(11-7-3-1-4-8-11)15-16-12-9-5-2-6-10-12/h2,5-7,9-10H,1,3-4,8H2. The van der Waals surface area contributed by atoms with E-state index in [9.17, 15) is 4.79 Å². The van der Waals surface area contributed by atoms with Crippen molar-refractivity contribution in [3.05, 3.63) is 42.0 Å². The molecule has 0 unspecified atom stereocenters. The number of rotatable bonds is 3. The maximum Gasteiger partial charge on any atom is 0.346 e. The molecule has 0 amide bonds. The van der Waals surface area contributed by atoms with Crippen LogP contribution in [0.3, 0.4) is 0 Å². The summed E-state index contributed by atoms with van der Waals surface area (Å²) in [6, 6.07) is 9.64. The van der Waals surface area contributed by atoms with Gasteiger partial charge >= 0.3 is 5.97 Å². The van der Waals surface area contributed by atoms with Gasteiger partial charge in [-0.05, 0) is 37.8 Å². The highest BCUT2D eigenvalue weighted by molar-refractivity contribution is 7.95. The molecule has 2 nitrogen and oxygen atoms in total. The van der Waals surface area contributed by atoms with Gasteiger partial charge in [-0.2, -0.15) is 0 Å². The van der Waals surface area contributed by atoms with E-state index in [1.165, 1.54) is 6.42 Å². The Labute approximate surface area is 99.9 Å². The highest BCUT2D eigenvalue weighted by atomic mass is 32.2. The summed E-state index contributed by atoms with van der Waals surface area (Å²) < 4.78 is 5.18. The lowest BCUT2D eigenvalue weighted by Gasteiger charge is -2.10. The molecule has 0 bridgehead atoms. The van der Waals surface area contributed by atoms with Crippen LogP contribution in [-0.2, 0) is 8.98 Å². The molecule has 2 rings (SSSR count). The smallest absolute Gasteiger partial charge is 0.346 e. The predicted octanol–water partition coefficient (Wildman–Crippen LogP) is 3.74. The van der Waals surface area contributed by atoms with E-state index in [2.05, 4.69) is 0 Å². The maximum absolute atomic E-state index is 11.7. The minimum atomic E-state index is -0.187. The minimum Gasteiger partial charge on any atom is -0.383 e. The van der Waals surface area contributed by atoms with Crippen LogP contribution in [0.2, 0.25) is 0 Å². The Kier molecular flexibility index (Phi) is 4.05. The molecule has 1 aromatic rings. The number of allylic oxidation sites excluding steroid dienone is 1. The van der Waals surface area contributed by atoms with Crippen molar-refractivity contribution in [2.45, 2.75) is 30.6 Å². The maximum atomic E-state index is 11.7. The first kappa shape index (κ1) is 11.3. The second-order valence-corrected chi connectivity index (χ2v) is 4.55. The third-order valence-electron chi connectivity index (χ3n) is 2.51. The summed E-state index contributed by atoms with van der Waals surface area (Å²) >= 11 is 1.13. The third kappa shape index (κ3) is 3.14. The minimum absolute atomic E-state index is 0.187. The fourth-order valence-electron chi connectivity index (χ4n) is 1.64. The summed E-state index contributed by atoms with van der Waals surface area (Å²) in [5, 5.41) is 0. The van der Waals surface area contributed by atoms with Crippen LogP contribution >= 0.6 is 12.0 Å². The van der Waals surface area contributed by atoms with Gasteiger partial charge in [0, 0.05) is 10.5 Å². The van der Waals surface area contributed by atoms with E-state index in [4.69, 9.17) is 4.18 Å². The Balaban J connectivity index is 1.86. The lowest BCUT2D eigenvalue weighted by molar-refractivity contribution is -0.129. The van der Waals surface area contributed by atoms with Gasteiger partial charge in [-0.3, -0.25) is 0 Å². The van der Waals surface area contributed by atoms with Gasteiger partial charge < -0.3 is 4.18 Å². The van der Waals surface area contributed by atoms with E-state index in [0.29, 0.717) is 0 Å². The number of hydrogen-bond acceptors (Lipinski definition) is 3. The number of benzene rings is 1. The van der Waals surface area contributed by atoms with Crippen molar-refractivity contribution in [2.24, 2.45) is 0 Å². The first-order chi connectivity index (χ1) is 7.86. The van der Waals surface area contributed by atoms with Crippen LogP contribution in [0.5, 0.6) is 0 Å². The Morgan fingerprint density at radius 2 is 2.00 bits per heavy atom. The van der Waals surface area contributed by atoms with Gasteiger partial charge in [0.2, 0.25) is 0 Å². The molecule has 1 aliphatic rings. The van der Waals surface area contributed by atoms with Crippen LogP contribution in [0.1, 0.15) is 25.7 Å². The molecular weight excluding hydrogens is 220 g/mol. The van der Waals surface area contributed by atoms with E-state index in [0.717, 1.165) is 41.8 Å². The molecule has 0 saturated carbocycles. The van der Waals surface area contributed by atoms with Crippen molar-refractivity contribution in [2.75, 3.05) is 0 Å². The third-order valence-corrected chi connectivity index (χ3v) is 3.21. The summed E-state index contributed by atoms with van der Waals surface area (Å²) in [6.07, 6.45) is 6.13. The van der Waals surface area contributed by atoms with Gasteiger partial charge in [-0.25, -0.2) is 4.79 Å². The number of carbonyl (C=O) groups excluding carboxylic acids is 1. The van der Waals surface area contributed by atoms with Crippen LogP contribution in [0, 0.1) is 0 Å². The van der Waals surface area contributed by atoms with Crippen molar-refractivity contribution >= 4 is 18.0 Å². The molecule has 0 fully saturated rings. The van der Waals surface area contributed by atoms with Crippen LogP contribution in [0.15, 0.2) is 46.9 Å².